The summed E-state index contributed by atoms with van der Waals surface area (Å²) in [5, 5.41) is 5.08. The number of aryl methyl sites for hydroxylation is 2. The van der Waals surface area contributed by atoms with E-state index in [-0.39, 0.29) is 17.6 Å². The van der Waals surface area contributed by atoms with Crippen LogP contribution in [-0.2, 0) is 4.79 Å². The molecule has 2 heterocycles. The Morgan fingerprint density at radius 1 is 1.12 bits per heavy atom. The standard InChI is InChI=1S/C23H28ClN3O2S3/c1-7-30-17-9-13(5)25-22(31-8-2)20(17)26-18(28)11-32-23-27-19-14(6)16(24)10-15(12(3)4)21(19)29-23/h9-10,12H,7-8,11H2,1-6H3,(H,26,28). The van der Waals surface area contributed by atoms with Gasteiger partial charge in [-0.15, -0.1) is 23.5 Å². The maximum Gasteiger partial charge on any atom is 0.257 e. The normalized spacial score (nSPS) is 11.5. The van der Waals surface area contributed by atoms with Gasteiger partial charge in [0.05, 0.1) is 11.4 Å². The second kappa shape index (κ2) is 11.2. The average molecular weight is 510 g/mol. The van der Waals surface area contributed by atoms with Crippen molar-refractivity contribution in [3.05, 3.63) is 34.0 Å². The SMILES string of the molecule is CCSc1cc(C)nc(SCC)c1NC(=O)CSc1nc2c(C)c(Cl)cc(C(C)C)c2o1. The fourth-order valence-electron chi connectivity index (χ4n) is 3.21. The fourth-order valence-corrected chi connectivity index (χ4v) is 5.75. The van der Waals surface area contributed by atoms with E-state index >= 15 is 0 Å². The summed E-state index contributed by atoms with van der Waals surface area (Å²) in [6.07, 6.45) is 0. The monoisotopic (exact) mass is 509 g/mol. The minimum absolute atomic E-state index is 0.113. The van der Waals surface area contributed by atoms with Gasteiger partial charge in [0.25, 0.3) is 5.22 Å². The van der Waals surface area contributed by atoms with E-state index in [0.29, 0.717) is 10.2 Å². The molecule has 32 heavy (non-hydrogen) atoms. The van der Waals surface area contributed by atoms with Gasteiger partial charge in [-0.1, -0.05) is 51.1 Å². The smallest absolute Gasteiger partial charge is 0.257 e. The molecule has 1 N–H and O–H groups in total. The van der Waals surface area contributed by atoms with E-state index in [9.17, 15) is 4.79 Å². The van der Waals surface area contributed by atoms with E-state index < -0.39 is 0 Å². The maximum absolute atomic E-state index is 12.8. The topological polar surface area (TPSA) is 68.0 Å². The Hall–Kier alpha value is -1.35. The highest BCUT2D eigenvalue weighted by Gasteiger charge is 2.19. The third kappa shape index (κ3) is 5.76. The van der Waals surface area contributed by atoms with Crippen LogP contribution in [0.3, 0.4) is 0 Å². The zero-order chi connectivity index (χ0) is 23.4. The van der Waals surface area contributed by atoms with Gasteiger partial charge in [0.1, 0.15) is 10.5 Å². The van der Waals surface area contributed by atoms with Crippen LogP contribution in [-0.4, -0.2) is 33.1 Å². The van der Waals surface area contributed by atoms with Gasteiger partial charge in [0.15, 0.2) is 5.58 Å². The van der Waals surface area contributed by atoms with Crippen molar-refractivity contribution in [1.29, 1.82) is 0 Å². The summed E-state index contributed by atoms with van der Waals surface area (Å²) in [4.78, 5) is 23.1. The van der Waals surface area contributed by atoms with Gasteiger partial charge in [-0.3, -0.25) is 4.79 Å². The average Bonchev–Trinajstić information content (AvgIpc) is 3.16. The number of amides is 1. The van der Waals surface area contributed by atoms with Crippen molar-refractivity contribution in [2.24, 2.45) is 0 Å². The zero-order valence-corrected chi connectivity index (χ0v) is 22.4. The van der Waals surface area contributed by atoms with Gasteiger partial charge in [-0.25, -0.2) is 9.97 Å². The summed E-state index contributed by atoms with van der Waals surface area (Å²) < 4.78 is 6.03. The van der Waals surface area contributed by atoms with Gasteiger partial charge >= 0.3 is 0 Å². The predicted octanol–water partition coefficient (Wildman–Crippen LogP) is 7.57. The Bertz CT molecular complexity index is 1100. The number of halogens is 1. The molecule has 0 saturated heterocycles. The first-order chi connectivity index (χ1) is 15.2. The molecule has 172 valence electrons. The van der Waals surface area contributed by atoms with Gasteiger partial charge in [0, 0.05) is 21.2 Å². The molecule has 2 aromatic heterocycles. The number of nitrogens with zero attached hydrogens (tertiary/aromatic N) is 2. The molecule has 0 unspecified atom stereocenters. The van der Waals surface area contributed by atoms with Gasteiger partial charge < -0.3 is 9.73 Å². The van der Waals surface area contributed by atoms with Crippen LogP contribution in [0.25, 0.3) is 11.1 Å². The molecule has 1 amide bonds. The second-order valence-corrected chi connectivity index (χ2v) is 11.4. The van der Waals surface area contributed by atoms with Crippen LogP contribution in [0.2, 0.25) is 5.02 Å². The number of fused-ring (bicyclic) bond motifs is 1. The number of benzene rings is 1. The number of carbonyl (C=O) groups is 1. The molecule has 0 saturated carbocycles. The van der Waals surface area contributed by atoms with Crippen molar-refractivity contribution in [2.45, 2.75) is 62.6 Å². The van der Waals surface area contributed by atoms with Gasteiger partial charge in [0.2, 0.25) is 5.91 Å². The molecule has 0 aliphatic carbocycles. The molecular formula is C23H28ClN3O2S3. The summed E-state index contributed by atoms with van der Waals surface area (Å²) in [6.45, 7) is 12.3. The van der Waals surface area contributed by atoms with E-state index in [2.05, 4.69) is 43.0 Å². The van der Waals surface area contributed by atoms with Gasteiger partial charge in [-0.2, -0.15) is 0 Å². The lowest BCUT2D eigenvalue weighted by Gasteiger charge is -2.15. The van der Waals surface area contributed by atoms with Crippen LogP contribution in [0.15, 0.2) is 31.7 Å². The zero-order valence-electron chi connectivity index (χ0n) is 19.2. The molecule has 0 aliphatic heterocycles. The molecule has 0 aliphatic rings. The number of anilines is 1. The third-order valence-electron chi connectivity index (χ3n) is 4.74. The molecule has 0 bridgehead atoms. The van der Waals surface area contributed by atoms with E-state index in [1.165, 1.54) is 11.8 Å². The molecule has 0 spiro atoms. The molecule has 3 aromatic rings. The number of pyridine rings is 1. The predicted molar refractivity (Wildman–Crippen MR) is 139 cm³/mol. The van der Waals surface area contributed by atoms with Crippen molar-refractivity contribution in [3.8, 4) is 0 Å². The molecule has 5 nitrogen and oxygen atoms in total. The van der Waals surface area contributed by atoms with Crippen molar-refractivity contribution in [1.82, 2.24) is 9.97 Å². The molecular weight excluding hydrogens is 482 g/mol. The van der Waals surface area contributed by atoms with E-state index in [1.807, 2.05) is 26.0 Å². The lowest BCUT2D eigenvalue weighted by molar-refractivity contribution is -0.113. The van der Waals surface area contributed by atoms with Crippen LogP contribution < -0.4 is 5.32 Å². The van der Waals surface area contributed by atoms with Crippen LogP contribution >= 0.6 is 46.9 Å². The van der Waals surface area contributed by atoms with E-state index in [1.54, 1.807) is 23.5 Å². The Kier molecular flexibility index (Phi) is 8.83. The molecule has 0 radical (unpaired) electrons. The van der Waals surface area contributed by atoms with Crippen LogP contribution in [0.1, 0.15) is 50.4 Å². The number of aromatic nitrogens is 2. The number of carbonyl (C=O) groups excluding carboxylic acids is 1. The molecule has 3 rings (SSSR count). The van der Waals surface area contributed by atoms with Crippen LogP contribution in [0.4, 0.5) is 5.69 Å². The highest BCUT2D eigenvalue weighted by Crippen LogP contribution is 2.37. The summed E-state index contributed by atoms with van der Waals surface area (Å²) in [6, 6.07) is 3.97. The number of hydrogen-bond donors (Lipinski definition) is 1. The first-order valence-corrected chi connectivity index (χ1v) is 13.9. The molecule has 1 aromatic carbocycles. The quantitative estimate of drug-likeness (QED) is 0.298. The second-order valence-electron chi connectivity index (χ2n) is 7.53. The third-order valence-corrected chi connectivity index (χ3v) is 7.74. The lowest BCUT2D eigenvalue weighted by atomic mass is 10.0. The Morgan fingerprint density at radius 3 is 2.50 bits per heavy atom. The summed E-state index contributed by atoms with van der Waals surface area (Å²) in [5.74, 6) is 2.13. The molecule has 0 fully saturated rings. The minimum atomic E-state index is -0.113. The first kappa shape index (κ1) is 25.3. The van der Waals surface area contributed by atoms with E-state index in [0.717, 1.165) is 55.0 Å². The van der Waals surface area contributed by atoms with Crippen molar-refractivity contribution in [2.75, 3.05) is 22.6 Å². The fraction of sp³-hybridized carbons (Fsp3) is 0.435. The highest BCUT2D eigenvalue weighted by atomic mass is 35.5. The Morgan fingerprint density at radius 2 is 1.84 bits per heavy atom. The lowest BCUT2D eigenvalue weighted by Crippen LogP contribution is -2.16. The number of hydrogen-bond acceptors (Lipinski definition) is 7. The molecule has 0 atom stereocenters. The first-order valence-electron chi connectivity index (χ1n) is 10.5. The van der Waals surface area contributed by atoms with Crippen LogP contribution in [0, 0.1) is 13.8 Å². The summed E-state index contributed by atoms with van der Waals surface area (Å²) >= 11 is 11.0. The molecule has 9 heteroatoms. The number of rotatable bonds is 9. The summed E-state index contributed by atoms with van der Waals surface area (Å²) in [7, 11) is 0. The number of nitrogens with one attached hydrogen (secondary N) is 1. The Balaban J connectivity index is 1.80. The summed E-state index contributed by atoms with van der Waals surface area (Å²) in [5.41, 5.74) is 5.16. The maximum atomic E-state index is 12.8. The minimum Gasteiger partial charge on any atom is -0.431 e. The van der Waals surface area contributed by atoms with E-state index in [4.69, 9.17) is 16.0 Å². The highest BCUT2D eigenvalue weighted by molar-refractivity contribution is 8.00. The van der Waals surface area contributed by atoms with Crippen LogP contribution in [0.5, 0.6) is 0 Å². The van der Waals surface area contributed by atoms with Gasteiger partial charge in [-0.05, 0) is 49.0 Å². The Labute approximate surface area is 207 Å². The number of oxazole rings is 1. The van der Waals surface area contributed by atoms with Crippen molar-refractivity contribution in [3.63, 3.8) is 0 Å². The van der Waals surface area contributed by atoms with Crippen molar-refractivity contribution < 1.29 is 9.21 Å². The largest absolute Gasteiger partial charge is 0.431 e. The number of thioether (sulfide) groups is 3. The van der Waals surface area contributed by atoms with Crippen molar-refractivity contribution >= 4 is 69.6 Å².